The number of aromatic amines is 1. The standard InChI is InChI=1S/C8H8BrF2NO/c1-4-5(2-9)8(13)12-3-6(4)7(10)11/h3,7H,2H2,1H3,(H,12,13). The molecule has 0 fully saturated rings. The van der Waals surface area contributed by atoms with E-state index in [-0.39, 0.29) is 16.5 Å². The summed E-state index contributed by atoms with van der Waals surface area (Å²) in [4.78, 5) is 13.4. The molecule has 1 aromatic rings. The van der Waals surface area contributed by atoms with Crippen molar-refractivity contribution in [2.75, 3.05) is 0 Å². The second-order valence-electron chi connectivity index (χ2n) is 2.61. The maximum atomic E-state index is 12.3. The van der Waals surface area contributed by atoms with E-state index in [0.29, 0.717) is 11.1 Å². The summed E-state index contributed by atoms with van der Waals surface area (Å²) >= 11 is 3.08. The monoisotopic (exact) mass is 251 g/mol. The van der Waals surface area contributed by atoms with Crippen molar-refractivity contribution in [3.63, 3.8) is 0 Å². The Kier molecular flexibility index (Phi) is 3.19. The molecule has 0 bridgehead atoms. The van der Waals surface area contributed by atoms with E-state index in [1.54, 1.807) is 0 Å². The van der Waals surface area contributed by atoms with Gasteiger partial charge in [-0.3, -0.25) is 4.79 Å². The first-order valence-corrected chi connectivity index (χ1v) is 4.75. The molecule has 0 radical (unpaired) electrons. The first-order valence-electron chi connectivity index (χ1n) is 3.63. The van der Waals surface area contributed by atoms with Crippen LogP contribution in [0.5, 0.6) is 0 Å². The van der Waals surface area contributed by atoms with Crippen molar-refractivity contribution in [1.82, 2.24) is 4.98 Å². The average Bonchev–Trinajstić information content (AvgIpc) is 2.04. The molecule has 5 heteroatoms. The minimum Gasteiger partial charge on any atom is -0.328 e. The van der Waals surface area contributed by atoms with Crippen LogP contribution < -0.4 is 5.56 Å². The molecule has 0 aliphatic carbocycles. The van der Waals surface area contributed by atoms with Gasteiger partial charge in [-0.25, -0.2) is 8.78 Å². The van der Waals surface area contributed by atoms with Gasteiger partial charge in [0, 0.05) is 22.7 Å². The molecule has 1 heterocycles. The van der Waals surface area contributed by atoms with Crippen molar-refractivity contribution >= 4 is 15.9 Å². The summed E-state index contributed by atoms with van der Waals surface area (Å²) in [6.45, 7) is 1.52. The summed E-state index contributed by atoms with van der Waals surface area (Å²) in [5, 5.41) is 0.286. The van der Waals surface area contributed by atoms with Gasteiger partial charge >= 0.3 is 0 Å². The van der Waals surface area contributed by atoms with Crippen LogP contribution in [-0.2, 0) is 5.33 Å². The predicted molar refractivity (Wildman–Crippen MR) is 49.4 cm³/mol. The third-order valence-electron chi connectivity index (χ3n) is 1.89. The molecule has 2 nitrogen and oxygen atoms in total. The quantitative estimate of drug-likeness (QED) is 0.806. The van der Waals surface area contributed by atoms with E-state index in [1.807, 2.05) is 0 Å². The van der Waals surface area contributed by atoms with Crippen LogP contribution in [0.25, 0.3) is 0 Å². The highest BCUT2D eigenvalue weighted by atomic mass is 79.9. The van der Waals surface area contributed by atoms with Crippen LogP contribution in [0.15, 0.2) is 11.0 Å². The Morgan fingerprint density at radius 2 is 2.23 bits per heavy atom. The van der Waals surface area contributed by atoms with Gasteiger partial charge in [-0.05, 0) is 12.5 Å². The van der Waals surface area contributed by atoms with E-state index in [4.69, 9.17) is 0 Å². The van der Waals surface area contributed by atoms with E-state index in [0.717, 1.165) is 6.20 Å². The van der Waals surface area contributed by atoms with Crippen LogP contribution in [0.2, 0.25) is 0 Å². The van der Waals surface area contributed by atoms with Gasteiger partial charge in [0.25, 0.3) is 12.0 Å². The maximum absolute atomic E-state index is 12.3. The Morgan fingerprint density at radius 1 is 1.62 bits per heavy atom. The molecular weight excluding hydrogens is 244 g/mol. The van der Waals surface area contributed by atoms with Gasteiger partial charge in [-0.1, -0.05) is 15.9 Å². The van der Waals surface area contributed by atoms with E-state index in [2.05, 4.69) is 20.9 Å². The zero-order valence-electron chi connectivity index (χ0n) is 6.90. The Balaban J connectivity index is 3.36. The molecule has 0 saturated carbocycles. The fraction of sp³-hybridized carbons (Fsp3) is 0.375. The maximum Gasteiger partial charge on any atom is 0.265 e. The second kappa shape index (κ2) is 4.00. The zero-order chi connectivity index (χ0) is 10.0. The fourth-order valence-electron chi connectivity index (χ4n) is 1.07. The largest absolute Gasteiger partial charge is 0.328 e. The number of hydrogen-bond donors (Lipinski definition) is 1. The molecule has 0 unspecified atom stereocenters. The van der Waals surface area contributed by atoms with Gasteiger partial charge in [-0.2, -0.15) is 0 Å². The Bertz CT molecular complexity index is 362. The first-order chi connectivity index (χ1) is 6.07. The molecule has 72 valence electrons. The van der Waals surface area contributed by atoms with Gasteiger partial charge in [-0.15, -0.1) is 0 Å². The molecule has 1 N–H and O–H groups in total. The normalized spacial score (nSPS) is 10.8. The molecular formula is C8H8BrF2NO. The van der Waals surface area contributed by atoms with E-state index in [9.17, 15) is 13.6 Å². The molecule has 0 aliphatic heterocycles. The second-order valence-corrected chi connectivity index (χ2v) is 3.17. The lowest BCUT2D eigenvalue weighted by Gasteiger charge is -2.06. The Hall–Kier alpha value is -0.710. The average molecular weight is 252 g/mol. The van der Waals surface area contributed by atoms with Gasteiger partial charge < -0.3 is 4.98 Å². The molecule has 0 spiro atoms. The molecule has 0 saturated heterocycles. The van der Waals surface area contributed by atoms with Crippen molar-refractivity contribution in [3.8, 4) is 0 Å². The van der Waals surface area contributed by atoms with Crippen LogP contribution in [0, 0.1) is 6.92 Å². The van der Waals surface area contributed by atoms with E-state index in [1.165, 1.54) is 6.92 Å². The van der Waals surface area contributed by atoms with Crippen LogP contribution in [0.3, 0.4) is 0 Å². The lowest BCUT2D eigenvalue weighted by molar-refractivity contribution is 0.150. The number of nitrogens with one attached hydrogen (secondary N) is 1. The smallest absolute Gasteiger partial charge is 0.265 e. The van der Waals surface area contributed by atoms with E-state index < -0.39 is 6.43 Å². The number of rotatable bonds is 2. The van der Waals surface area contributed by atoms with Crippen LogP contribution >= 0.6 is 15.9 Å². The highest BCUT2D eigenvalue weighted by Gasteiger charge is 2.14. The minimum atomic E-state index is -2.55. The van der Waals surface area contributed by atoms with Crippen LogP contribution in [0.1, 0.15) is 23.1 Å². The van der Waals surface area contributed by atoms with Gasteiger partial charge in [0.15, 0.2) is 0 Å². The summed E-state index contributed by atoms with van der Waals surface area (Å²) < 4.78 is 24.7. The highest BCUT2D eigenvalue weighted by Crippen LogP contribution is 2.22. The molecule has 13 heavy (non-hydrogen) atoms. The highest BCUT2D eigenvalue weighted by molar-refractivity contribution is 9.08. The molecule has 0 aromatic carbocycles. The first kappa shape index (κ1) is 10.4. The van der Waals surface area contributed by atoms with Gasteiger partial charge in [0.1, 0.15) is 0 Å². The third kappa shape index (κ3) is 1.96. The summed E-state index contributed by atoms with van der Waals surface area (Å²) in [5.74, 6) is 0. The van der Waals surface area contributed by atoms with Crippen molar-refractivity contribution < 1.29 is 8.78 Å². The number of halogens is 3. The van der Waals surface area contributed by atoms with Crippen LogP contribution in [-0.4, -0.2) is 4.98 Å². The van der Waals surface area contributed by atoms with Crippen LogP contribution in [0.4, 0.5) is 8.78 Å². The van der Waals surface area contributed by atoms with Crippen molar-refractivity contribution in [3.05, 3.63) is 33.2 Å². The van der Waals surface area contributed by atoms with Crippen molar-refractivity contribution in [1.29, 1.82) is 0 Å². The van der Waals surface area contributed by atoms with Crippen molar-refractivity contribution in [2.24, 2.45) is 0 Å². The van der Waals surface area contributed by atoms with Gasteiger partial charge in [0.2, 0.25) is 0 Å². The number of H-pyrrole nitrogens is 1. The molecule has 0 amide bonds. The van der Waals surface area contributed by atoms with Gasteiger partial charge in [0.05, 0.1) is 0 Å². The lowest BCUT2D eigenvalue weighted by Crippen LogP contribution is -2.14. The lowest BCUT2D eigenvalue weighted by atomic mass is 10.1. The molecule has 1 aromatic heterocycles. The third-order valence-corrected chi connectivity index (χ3v) is 2.45. The summed E-state index contributed by atoms with van der Waals surface area (Å²) in [6, 6.07) is 0. The Morgan fingerprint density at radius 3 is 2.69 bits per heavy atom. The Labute approximate surface area is 82.1 Å². The zero-order valence-corrected chi connectivity index (χ0v) is 8.49. The fourth-order valence-corrected chi connectivity index (χ4v) is 1.75. The van der Waals surface area contributed by atoms with Crippen molar-refractivity contribution in [2.45, 2.75) is 18.7 Å². The summed E-state index contributed by atoms with van der Waals surface area (Å²) in [5.41, 5.74) is 0.279. The topological polar surface area (TPSA) is 32.9 Å². The number of pyridine rings is 1. The molecule has 1 rings (SSSR count). The number of hydrogen-bond acceptors (Lipinski definition) is 1. The predicted octanol–water partition coefficient (Wildman–Crippen LogP) is 2.52. The SMILES string of the molecule is Cc1c(C(F)F)c[nH]c(=O)c1CBr. The number of aromatic nitrogens is 1. The summed E-state index contributed by atoms with van der Waals surface area (Å²) in [7, 11) is 0. The van der Waals surface area contributed by atoms with E-state index >= 15 is 0 Å². The number of alkyl halides is 3. The summed E-state index contributed by atoms with van der Waals surface area (Å²) in [6.07, 6.45) is -1.48. The molecule has 0 aliphatic rings. The molecule has 0 atom stereocenters. The minimum absolute atomic E-state index is 0.117.